The van der Waals surface area contributed by atoms with E-state index in [9.17, 15) is 4.79 Å². The first kappa shape index (κ1) is 11.0. The third kappa shape index (κ3) is 3.32. The van der Waals surface area contributed by atoms with E-state index in [1.54, 1.807) is 6.92 Å². The van der Waals surface area contributed by atoms with Gasteiger partial charge in [0.15, 0.2) is 6.10 Å². The summed E-state index contributed by atoms with van der Waals surface area (Å²) in [4.78, 5) is 11.5. The van der Waals surface area contributed by atoms with Crippen LogP contribution in [0.3, 0.4) is 0 Å². The molecular weight excluding hydrogens is 184 g/mol. The summed E-state index contributed by atoms with van der Waals surface area (Å²) < 4.78 is 10.3. The quantitative estimate of drug-likeness (QED) is 0.682. The summed E-state index contributed by atoms with van der Waals surface area (Å²) in [7, 11) is 0. The highest BCUT2D eigenvalue weighted by Crippen LogP contribution is 2.01. The number of ether oxygens (including phenoxy) is 2. The van der Waals surface area contributed by atoms with Gasteiger partial charge in [0, 0.05) is 6.04 Å². The summed E-state index contributed by atoms with van der Waals surface area (Å²) >= 11 is 0. The number of rotatable bonds is 3. The molecule has 1 fully saturated rings. The zero-order valence-corrected chi connectivity index (χ0v) is 8.16. The Morgan fingerprint density at radius 3 is 3.07 bits per heavy atom. The fourth-order valence-corrected chi connectivity index (χ4v) is 1.16. The van der Waals surface area contributed by atoms with Crippen LogP contribution in [0.1, 0.15) is 13.3 Å². The Bertz CT molecular complexity index is 231. The Morgan fingerprint density at radius 1 is 1.71 bits per heavy atom. The maximum absolute atomic E-state index is 11.5. The Morgan fingerprint density at radius 2 is 2.50 bits per heavy atom. The van der Waals surface area contributed by atoms with Gasteiger partial charge in [-0.2, -0.15) is 5.26 Å². The average Bonchev–Trinajstić information content (AvgIpc) is 2.19. The second-order valence-corrected chi connectivity index (χ2v) is 3.21. The lowest BCUT2D eigenvalue weighted by Gasteiger charge is -2.23. The number of hydrogen-bond donors (Lipinski definition) is 1. The smallest absolute Gasteiger partial charge is 0.251 e. The lowest BCUT2D eigenvalue weighted by molar-refractivity contribution is -0.148. The van der Waals surface area contributed by atoms with Crippen LogP contribution in [-0.4, -0.2) is 37.9 Å². The van der Waals surface area contributed by atoms with Crippen LogP contribution in [0.2, 0.25) is 0 Å². The molecule has 14 heavy (non-hydrogen) atoms. The first-order chi connectivity index (χ1) is 6.74. The van der Waals surface area contributed by atoms with E-state index in [2.05, 4.69) is 5.32 Å². The molecule has 0 saturated carbocycles. The van der Waals surface area contributed by atoms with Crippen molar-refractivity contribution in [1.82, 2.24) is 5.32 Å². The Balaban J connectivity index is 2.30. The van der Waals surface area contributed by atoms with E-state index < -0.39 is 6.10 Å². The molecule has 1 heterocycles. The van der Waals surface area contributed by atoms with E-state index in [0.29, 0.717) is 26.2 Å². The van der Waals surface area contributed by atoms with Crippen LogP contribution in [0, 0.1) is 11.3 Å². The molecule has 5 heteroatoms. The monoisotopic (exact) mass is 198 g/mol. The van der Waals surface area contributed by atoms with Crippen LogP contribution in [0.5, 0.6) is 0 Å². The van der Waals surface area contributed by atoms with Crippen molar-refractivity contribution in [2.45, 2.75) is 25.5 Å². The van der Waals surface area contributed by atoms with E-state index in [-0.39, 0.29) is 11.9 Å². The highest BCUT2D eigenvalue weighted by atomic mass is 16.6. The van der Waals surface area contributed by atoms with E-state index in [1.165, 1.54) is 0 Å². The van der Waals surface area contributed by atoms with Gasteiger partial charge in [0.25, 0.3) is 5.91 Å². The van der Waals surface area contributed by atoms with Gasteiger partial charge in [-0.25, -0.2) is 0 Å². The minimum Gasteiger partial charge on any atom is -0.376 e. The molecule has 78 valence electrons. The van der Waals surface area contributed by atoms with Crippen LogP contribution in [-0.2, 0) is 14.3 Å². The standard InChI is InChI=1S/C9H14N2O3/c1-7(2-3-10)11-9(12)8-6-13-4-5-14-8/h7-8H,2,4-6H2,1H3,(H,11,12). The largest absolute Gasteiger partial charge is 0.376 e. The van der Waals surface area contributed by atoms with Crippen molar-refractivity contribution in [2.24, 2.45) is 0 Å². The van der Waals surface area contributed by atoms with Gasteiger partial charge in [-0.3, -0.25) is 4.79 Å². The van der Waals surface area contributed by atoms with Gasteiger partial charge in [0.2, 0.25) is 0 Å². The number of nitriles is 1. The first-order valence-corrected chi connectivity index (χ1v) is 4.60. The minimum atomic E-state index is -0.523. The molecule has 0 radical (unpaired) electrons. The molecule has 2 unspecified atom stereocenters. The molecule has 1 saturated heterocycles. The summed E-state index contributed by atoms with van der Waals surface area (Å²) in [6, 6.07) is 1.85. The van der Waals surface area contributed by atoms with E-state index >= 15 is 0 Å². The molecule has 1 aliphatic heterocycles. The highest BCUT2D eigenvalue weighted by Gasteiger charge is 2.23. The Labute approximate surface area is 83.0 Å². The van der Waals surface area contributed by atoms with E-state index in [0.717, 1.165) is 0 Å². The molecule has 1 rings (SSSR count). The number of amides is 1. The fraction of sp³-hybridized carbons (Fsp3) is 0.778. The summed E-state index contributed by atoms with van der Waals surface area (Å²) in [6.45, 7) is 3.07. The molecule has 0 aromatic carbocycles. The van der Waals surface area contributed by atoms with Crippen molar-refractivity contribution in [3.63, 3.8) is 0 Å². The molecule has 1 aliphatic rings. The molecular formula is C9H14N2O3. The number of hydrogen-bond acceptors (Lipinski definition) is 4. The summed E-state index contributed by atoms with van der Waals surface area (Å²) in [5.74, 6) is -0.201. The Hall–Kier alpha value is -1.12. The number of nitrogens with one attached hydrogen (secondary N) is 1. The minimum absolute atomic E-state index is 0.141. The van der Waals surface area contributed by atoms with Crippen molar-refractivity contribution in [2.75, 3.05) is 19.8 Å². The Kier molecular flexibility index (Phi) is 4.36. The maximum Gasteiger partial charge on any atom is 0.251 e. The third-order valence-electron chi connectivity index (χ3n) is 1.89. The second-order valence-electron chi connectivity index (χ2n) is 3.21. The normalized spacial score (nSPS) is 23.6. The lowest BCUT2D eigenvalue weighted by Crippen LogP contribution is -2.45. The number of carbonyl (C=O) groups is 1. The van der Waals surface area contributed by atoms with E-state index in [4.69, 9.17) is 14.7 Å². The molecule has 2 atom stereocenters. The molecule has 1 amide bonds. The van der Waals surface area contributed by atoms with Crippen LogP contribution in [0.25, 0.3) is 0 Å². The molecule has 5 nitrogen and oxygen atoms in total. The molecule has 0 spiro atoms. The molecule has 0 bridgehead atoms. The topological polar surface area (TPSA) is 71.4 Å². The number of carbonyl (C=O) groups excluding carboxylic acids is 1. The van der Waals surface area contributed by atoms with Gasteiger partial charge in [0.1, 0.15) is 0 Å². The van der Waals surface area contributed by atoms with Crippen molar-refractivity contribution >= 4 is 5.91 Å². The maximum atomic E-state index is 11.5. The number of nitrogens with zero attached hydrogens (tertiary/aromatic N) is 1. The summed E-state index contributed by atoms with van der Waals surface area (Å²) in [5.41, 5.74) is 0. The third-order valence-corrected chi connectivity index (χ3v) is 1.89. The highest BCUT2D eigenvalue weighted by molar-refractivity contribution is 5.81. The zero-order valence-electron chi connectivity index (χ0n) is 8.16. The van der Waals surface area contributed by atoms with Gasteiger partial charge in [0.05, 0.1) is 32.3 Å². The second kappa shape index (κ2) is 5.58. The van der Waals surface area contributed by atoms with Crippen molar-refractivity contribution in [1.29, 1.82) is 5.26 Å². The predicted octanol–water partition coefficient (Wildman–Crippen LogP) is -0.180. The molecule has 1 N–H and O–H groups in total. The molecule has 0 aliphatic carbocycles. The van der Waals surface area contributed by atoms with Gasteiger partial charge in [-0.15, -0.1) is 0 Å². The van der Waals surface area contributed by atoms with Crippen LogP contribution >= 0.6 is 0 Å². The van der Waals surface area contributed by atoms with Crippen LogP contribution < -0.4 is 5.32 Å². The van der Waals surface area contributed by atoms with E-state index in [1.807, 2.05) is 6.07 Å². The molecule has 0 aromatic heterocycles. The van der Waals surface area contributed by atoms with Gasteiger partial charge >= 0.3 is 0 Å². The average molecular weight is 198 g/mol. The SMILES string of the molecule is CC(CC#N)NC(=O)C1COCCO1. The van der Waals surface area contributed by atoms with Crippen molar-refractivity contribution < 1.29 is 14.3 Å². The van der Waals surface area contributed by atoms with Gasteiger partial charge < -0.3 is 14.8 Å². The van der Waals surface area contributed by atoms with Gasteiger partial charge in [-0.05, 0) is 6.92 Å². The predicted molar refractivity (Wildman–Crippen MR) is 48.4 cm³/mol. The first-order valence-electron chi connectivity index (χ1n) is 4.60. The van der Waals surface area contributed by atoms with Gasteiger partial charge in [-0.1, -0.05) is 0 Å². The zero-order chi connectivity index (χ0) is 10.4. The van der Waals surface area contributed by atoms with Crippen LogP contribution in [0.4, 0.5) is 0 Å². The fourth-order valence-electron chi connectivity index (χ4n) is 1.16. The van der Waals surface area contributed by atoms with Crippen LogP contribution in [0.15, 0.2) is 0 Å². The summed E-state index contributed by atoms with van der Waals surface area (Å²) in [6.07, 6.45) is -0.218. The van der Waals surface area contributed by atoms with Crippen molar-refractivity contribution in [3.8, 4) is 6.07 Å². The summed E-state index contributed by atoms with van der Waals surface area (Å²) in [5, 5.41) is 11.1. The lowest BCUT2D eigenvalue weighted by atomic mass is 10.2. The molecule has 0 aromatic rings. The van der Waals surface area contributed by atoms with Crippen molar-refractivity contribution in [3.05, 3.63) is 0 Å².